The molecule has 1 aromatic rings. The van der Waals surface area contributed by atoms with Gasteiger partial charge < -0.3 is 14.6 Å². The summed E-state index contributed by atoms with van der Waals surface area (Å²) in [4.78, 5) is 13.5. The minimum atomic E-state index is -0.148. The molecule has 0 aromatic carbocycles. The summed E-state index contributed by atoms with van der Waals surface area (Å²) in [5, 5.41) is 10.8. The average molecular weight is 252 g/mol. The van der Waals surface area contributed by atoms with E-state index < -0.39 is 0 Å². The molecule has 1 N–H and O–H groups in total. The Morgan fingerprint density at radius 3 is 2.72 bits per heavy atom. The Labute approximate surface area is 107 Å². The monoisotopic (exact) mass is 252 g/mol. The number of aromatic nitrogens is 2. The van der Waals surface area contributed by atoms with Gasteiger partial charge in [-0.05, 0) is 6.42 Å². The lowest BCUT2D eigenvalue weighted by Gasteiger charge is -2.14. The molecule has 1 aliphatic heterocycles. The zero-order chi connectivity index (χ0) is 13.3. The van der Waals surface area contributed by atoms with Crippen LogP contribution in [0.1, 0.15) is 33.1 Å². The Hall–Kier alpha value is -1.59. The van der Waals surface area contributed by atoms with Crippen LogP contribution in [0.4, 0.5) is 6.01 Å². The van der Waals surface area contributed by atoms with Crippen molar-refractivity contribution in [1.29, 1.82) is 0 Å². The Morgan fingerprint density at radius 2 is 2.17 bits per heavy atom. The van der Waals surface area contributed by atoms with E-state index in [1.54, 1.807) is 7.05 Å². The largest absolute Gasteiger partial charge is 0.407 e. The fourth-order valence-electron chi connectivity index (χ4n) is 2.00. The zero-order valence-electron chi connectivity index (χ0n) is 11.4. The molecule has 1 aliphatic rings. The highest BCUT2D eigenvalue weighted by Gasteiger charge is 2.31. The molecule has 1 fully saturated rings. The SMILES string of the molecule is CNC(=O)C1CCN(c2nnc(C(C)(C)C)o2)C1. The summed E-state index contributed by atoms with van der Waals surface area (Å²) < 4.78 is 5.67. The van der Waals surface area contributed by atoms with Gasteiger partial charge in [0.2, 0.25) is 11.8 Å². The van der Waals surface area contributed by atoms with Crippen LogP contribution in [0.25, 0.3) is 0 Å². The number of nitrogens with one attached hydrogen (secondary N) is 1. The Morgan fingerprint density at radius 1 is 1.44 bits per heavy atom. The van der Waals surface area contributed by atoms with Crippen LogP contribution in [-0.4, -0.2) is 36.2 Å². The molecule has 0 spiro atoms. The van der Waals surface area contributed by atoms with Crippen LogP contribution in [0.5, 0.6) is 0 Å². The van der Waals surface area contributed by atoms with Gasteiger partial charge in [0, 0.05) is 25.6 Å². The van der Waals surface area contributed by atoms with Crippen molar-refractivity contribution in [3.05, 3.63) is 5.89 Å². The van der Waals surface area contributed by atoms with Crippen LogP contribution in [0, 0.1) is 5.92 Å². The number of nitrogens with zero attached hydrogens (tertiary/aromatic N) is 3. The lowest BCUT2D eigenvalue weighted by Crippen LogP contribution is -2.30. The van der Waals surface area contributed by atoms with Gasteiger partial charge in [0.1, 0.15) is 0 Å². The van der Waals surface area contributed by atoms with E-state index in [1.807, 2.05) is 25.7 Å². The van der Waals surface area contributed by atoms with Crippen molar-refractivity contribution in [3.8, 4) is 0 Å². The fourth-order valence-corrected chi connectivity index (χ4v) is 2.00. The molecule has 1 aromatic heterocycles. The predicted molar refractivity (Wildman–Crippen MR) is 67.4 cm³/mol. The molecule has 1 atom stereocenters. The van der Waals surface area contributed by atoms with Gasteiger partial charge in [-0.25, -0.2) is 0 Å². The van der Waals surface area contributed by atoms with E-state index in [1.165, 1.54) is 0 Å². The molecule has 100 valence electrons. The van der Waals surface area contributed by atoms with E-state index in [4.69, 9.17) is 4.42 Å². The van der Waals surface area contributed by atoms with E-state index >= 15 is 0 Å². The Balaban J connectivity index is 2.06. The van der Waals surface area contributed by atoms with Crippen LogP contribution in [0.15, 0.2) is 4.42 Å². The van der Waals surface area contributed by atoms with Gasteiger partial charge in [0.25, 0.3) is 0 Å². The summed E-state index contributed by atoms with van der Waals surface area (Å²) >= 11 is 0. The smallest absolute Gasteiger partial charge is 0.318 e. The Bertz CT molecular complexity index is 436. The number of carbonyl (C=O) groups is 1. The number of rotatable bonds is 2. The van der Waals surface area contributed by atoms with Crippen molar-refractivity contribution in [1.82, 2.24) is 15.5 Å². The van der Waals surface area contributed by atoms with Crippen molar-refractivity contribution < 1.29 is 9.21 Å². The highest BCUT2D eigenvalue weighted by Crippen LogP contribution is 2.27. The first kappa shape index (κ1) is 12.9. The number of hydrogen-bond acceptors (Lipinski definition) is 5. The second-order valence-corrected chi connectivity index (χ2v) is 5.69. The summed E-state index contributed by atoms with van der Waals surface area (Å²) in [5.41, 5.74) is -0.148. The van der Waals surface area contributed by atoms with Gasteiger partial charge >= 0.3 is 6.01 Å². The maximum Gasteiger partial charge on any atom is 0.318 e. The lowest BCUT2D eigenvalue weighted by molar-refractivity contribution is -0.123. The molecule has 1 unspecified atom stereocenters. The molecular formula is C12H20N4O2. The van der Waals surface area contributed by atoms with Crippen molar-refractivity contribution >= 4 is 11.9 Å². The van der Waals surface area contributed by atoms with Gasteiger partial charge in [-0.15, -0.1) is 5.10 Å². The van der Waals surface area contributed by atoms with E-state index in [9.17, 15) is 4.79 Å². The van der Waals surface area contributed by atoms with Crippen molar-refractivity contribution in [3.63, 3.8) is 0 Å². The molecule has 0 bridgehead atoms. The van der Waals surface area contributed by atoms with E-state index in [-0.39, 0.29) is 17.2 Å². The first-order valence-electron chi connectivity index (χ1n) is 6.22. The van der Waals surface area contributed by atoms with E-state index in [2.05, 4.69) is 15.5 Å². The molecule has 6 heteroatoms. The van der Waals surface area contributed by atoms with Gasteiger partial charge in [-0.2, -0.15) is 0 Å². The van der Waals surface area contributed by atoms with Gasteiger partial charge in [-0.1, -0.05) is 25.9 Å². The minimum Gasteiger partial charge on any atom is -0.407 e. The molecular weight excluding hydrogens is 232 g/mol. The maximum absolute atomic E-state index is 11.6. The minimum absolute atomic E-state index is 0.0139. The molecule has 2 rings (SSSR count). The third kappa shape index (κ3) is 2.47. The third-order valence-electron chi connectivity index (χ3n) is 3.13. The molecule has 6 nitrogen and oxygen atoms in total. The highest BCUT2D eigenvalue weighted by molar-refractivity contribution is 5.79. The first-order valence-corrected chi connectivity index (χ1v) is 6.22. The topological polar surface area (TPSA) is 71.3 Å². The summed E-state index contributed by atoms with van der Waals surface area (Å²) in [6.45, 7) is 7.51. The standard InChI is InChI=1S/C12H20N4O2/c1-12(2,3)10-14-15-11(18-10)16-6-5-8(7-16)9(17)13-4/h8H,5-7H2,1-4H3,(H,13,17). The third-order valence-corrected chi connectivity index (χ3v) is 3.13. The lowest BCUT2D eigenvalue weighted by atomic mass is 9.97. The summed E-state index contributed by atoms with van der Waals surface area (Å²) in [5.74, 6) is 0.717. The normalized spacial score (nSPS) is 20.2. The quantitative estimate of drug-likeness (QED) is 0.848. The molecule has 0 saturated carbocycles. The second kappa shape index (κ2) is 4.59. The molecule has 1 amide bonds. The summed E-state index contributed by atoms with van der Waals surface area (Å²) in [7, 11) is 1.66. The molecule has 0 aliphatic carbocycles. The number of anilines is 1. The van der Waals surface area contributed by atoms with Crippen LogP contribution in [0.2, 0.25) is 0 Å². The van der Waals surface area contributed by atoms with Crippen LogP contribution >= 0.6 is 0 Å². The number of hydrogen-bond donors (Lipinski definition) is 1. The van der Waals surface area contributed by atoms with Crippen molar-refractivity contribution in [2.24, 2.45) is 5.92 Å². The average Bonchev–Trinajstić information content (AvgIpc) is 2.94. The van der Waals surface area contributed by atoms with Crippen molar-refractivity contribution in [2.45, 2.75) is 32.6 Å². The Kier molecular flexibility index (Phi) is 3.28. The molecule has 18 heavy (non-hydrogen) atoms. The maximum atomic E-state index is 11.6. The van der Waals surface area contributed by atoms with E-state index in [0.717, 1.165) is 13.0 Å². The summed E-state index contributed by atoms with van der Waals surface area (Å²) in [6, 6.07) is 0.520. The fraction of sp³-hybridized carbons (Fsp3) is 0.750. The highest BCUT2D eigenvalue weighted by atomic mass is 16.4. The van der Waals surface area contributed by atoms with Gasteiger partial charge in [0.15, 0.2) is 0 Å². The predicted octanol–water partition coefficient (Wildman–Crippen LogP) is 0.939. The summed E-state index contributed by atoms with van der Waals surface area (Å²) in [6.07, 6.45) is 0.826. The van der Waals surface area contributed by atoms with Crippen molar-refractivity contribution in [2.75, 3.05) is 25.0 Å². The molecule has 0 radical (unpaired) electrons. The first-order chi connectivity index (χ1) is 8.41. The van der Waals surface area contributed by atoms with Crippen LogP contribution < -0.4 is 10.2 Å². The number of amides is 1. The molecule has 2 heterocycles. The number of carbonyl (C=O) groups excluding carboxylic acids is 1. The van der Waals surface area contributed by atoms with Gasteiger partial charge in [-0.3, -0.25) is 4.79 Å². The molecule has 1 saturated heterocycles. The van der Waals surface area contributed by atoms with E-state index in [0.29, 0.717) is 18.5 Å². The zero-order valence-corrected chi connectivity index (χ0v) is 11.4. The van der Waals surface area contributed by atoms with Crippen LogP contribution in [0.3, 0.4) is 0 Å². The second-order valence-electron chi connectivity index (χ2n) is 5.69. The van der Waals surface area contributed by atoms with Crippen LogP contribution in [-0.2, 0) is 10.2 Å². The van der Waals surface area contributed by atoms with Gasteiger partial charge in [0.05, 0.1) is 5.92 Å².